The van der Waals surface area contributed by atoms with E-state index in [0.29, 0.717) is 24.3 Å². The van der Waals surface area contributed by atoms with Crippen molar-refractivity contribution in [2.75, 3.05) is 0 Å². The Kier molecular flexibility index (Phi) is 17.2. The Labute approximate surface area is 242 Å². The van der Waals surface area contributed by atoms with Crippen LogP contribution in [0.15, 0.2) is 48.5 Å². The van der Waals surface area contributed by atoms with Crippen LogP contribution in [0.25, 0.3) is 0 Å². The number of rotatable bonds is 2. The van der Waals surface area contributed by atoms with Gasteiger partial charge in [-0.05, 0) is 12.1 Å². The summed E-state index contributed by atoms with van der Waals surface area (Å²) in [6.07, 6.45) is -25.4. The summed E-state index contributed by atoms with van der Waals surface area (Å²) < 4.78 is 197. The molecule has 20 heteroatoms. The third-order valence-electron chi connectivity index (χ3n) is 4.95. The number of alkyl halides is 12. The van der Waals surface area contributed by atoms with Crippen LogP contribution in [-0.2, 0) is 54.8 Å². The average molecular weight is 814 g/mol. The van der Waals surface area contributed by atoms with Crippen molar-refractivity contribution in [3.05, 3.63) is 86.3 Å². The van der Waals surface area contributed by atoms with Gasteiger partial charge in [-0.25, -0.2) is 0 Å². The number of halogens is 12. The Hall–Kier alpha value is -2.43. The summed E-state index contributed by atoms with van der Waals surface area (Å²) in [5.74, 6) is 0. The largest absolute Gasteiger partial charge is 0.833 e. The van der Waals surface area contributed by atoms with E-state index in [-0.39, 0.29) is 26.5 Å². The van der Waals surface area contributed by atoms with Gasteiger partial charge in [0.2, 0.25) is 8.15 Å². The van der Waals surface area contributed by atoms with Gasteiger partial charge in [0.05, 0.1) is 5.56 Å². The molecule has 0 aliphatic carbocycles. The van der Waals surface area contributed by atoms with Crippen LogP contribution in [0.3, 0.4) is 0 Å². The van der Waals surface area contributed by atoms with E-state index in [2.05, 4.69) is 31.1 Å². The molecule has 0 N–H and O–H groups in total. The third kappa shape index (κ3) is 7.74. The molecule has 0 saturated heterocycles. The van der Waals surface area contributed by atoms with E-state index in [1.54, 1.807) is 0 Å². The zero-order chi connectivity index (χ0) is 33.3. The standard InChI is InChI=1S/C18H8F12O2P.4CO.Re/c19-15(20,21)13(31,16(22,23)24)9-5-1-3-7-11(9)33-12-8-4-2-6-10(12)14(32-33,17(25,26)27)18(28,29)30;4*1-2;/h1-8H;;;;;/q-1;;;;;/p+1. The quantitative estimate of drug-likeness (QED) is 0.191. The minimum atomic E-state index is -6.53. The van der Waals surface area contributed by atoms with E-state index < -0.39 is 65.8 Å². The minimum Gasteiger partial charge on any atom is -0.833 e. The maximum Gasteiger partial charge on any atom is 0.435 e. The van der Waals surface area contributed by atoms with Gasteiger partial charge < -0.3 is 5.11 Å². The van der Waals surface area contributed by atoms with E-state index in [1.807, 2.05) is 0 Å². The van der Waals surface area contributed by atoms with Gasteiger partial charge in [-0.3, -0.25) is 0 Å². The SMILES string of the molecule is [C-]#[O+].[C-]#[O+].[C-]#[O+].[C-]#[O+].[O-]C(c1ccccc1[PH+]1OC(C(F)(F)F)(C(F)(F)F)c2ccccc21)(C(F)(F)F)C(F)(F)F.[Re]. The Bertz CT molecular complexity index is 1180. The van der Waals surface area contributed by atoms with E-state index in [4.69, 9.17) is 18.6 Å². The maximum atomic E-state index is 13.7. The molecule has 3 rings (SSSR count). The first-order valence-corrected chi connectivity index (χ1v) is 10.8. The summed E-state index contributed by atoms with van der Waals surface area (Å²) in [6, 6.07) is 4.60. The fourth-order valence-corrected chi connectivity index (χ4v) is 6.15. The van der Waals surface area contributed by atoms with E-state index in [1.165, 1.54) is 0 Å². The zero-order valence-corrected chi connectivity index (χ0v) is 23.2. The Balaban J connectivity index is -0.00000156. The van der Waals surface area contributed by atoms with Gasteiger partial charge in [0.1, 0.15) is 16.2 Å². The van der Waals surface area contributed by atoms with Crippen LogP contribution in [-0.4, -0.2) is 24.7 Å². The van der Waals surface area contributed by atoms with E-state index in [0.717, 1.165) is 18.2 Å². The molecule has 2 aromatic carbocycles. The second-order valence-corrected chi connectivity index (χ2v) is 8.82. The Morgan fingerprint density at radius 2 is 0.929 bits per heavy atom. The molecule has 0 saturated carbocycles. The summed E-state index contributed by atoms with van der Waals surface area (Å²) in [7, 11) is -4.09. The smallest absolute Gasteiger partial charge is 0.435 e. The van der Waals surface area contributed by atoms with Crippen LogP contribution in [0, 0.1) is 26.6 Å². The summed E-state index contributed by atoms with van der Waals surface area (Å²) in [5, 5.41) is 10.0. The number of benzene rings is 2. The molecule has 0 bridgehead atoms. The first-order valence-electron chi connectivity index (χ1n) is 9.35. The van der Waals surface area contributed by atoms with Gasteiger partial charge in [0, 0.05) is 26.0 Å². The second kappa shape index (κ2) is 16.4. The molecule has 1 atom stereocenters. The molecule has 42 heavy (non-hydrogen) atoms. The van der Waals surface area contributed by atoms with Crippen LogP contribution in [0.1, 0.15) is 11.1 Å². The molecular formula is C22H9F12O6PRe. The first kappa shape index (κ1) is 44.0. The summed E-state index contributed by atoms with van der Waals surface area (Å²) >= 11 is 0. The molecule has 2 aromatic rings. The molecule has 1 aliphatic rings. The molecule has 6 nitrogen and oxygen atoms in total. The van der Waals surface area contributed by atoms with Crippen molar-refractivity contribution in [1.29, 1.82) is 0 Å². The molecule has 1 unspecified atom stereocenters. The van der Waals surface area contributed by atoms with Gasteiger partial charge in [-0.15, -0.1) is 0 Å². The van der Waals surface area contributed by atoms with Gasteiger partial charge >= 0.3 is 75.5 Å². The van der Waals surface area contributed by atoms with Crippen molar-refractivity contribution in [1.82, 2.24) is 0 Å². The molecule has 1 radical (unpaired) electrons. The third-order valence-corrected chi connectivity index (χ3v) is 7.31. The minimum absolute atomic E-state index is 0. The Morgan fingerprint density at radius 3 is 1.29 bits per heavy atom. The predicted octanol–water partition coefficient (Wildman–Crippen LogP) is 4.64. The fraction of sp³-hybridized carbons (Fsp3) is 0.273. The summed E-state index contributed by atoms with van der Waals surface area (Å²) in [4.78, 5) is 0. The van der Waals surface area contributed by atoms with Crippen LogP contribution in [0.2, 0.25) is 0 Å². The van der Waals surface area contributed by atoms with Crippen molar-refractivity contribution in [3.63, 3.8) is 0 Å². The van der Waals surface area contributed by atoms with Gasteiger partial charge in [0.25, 0.3) is 0 Å². The average Bonchev–Trinajstić information content (AvgIpc) is 3.29. The van der Waals surface area contributed by atoms with Gasteiger partial charge in [-0.1, -0.05) is 36.4 Å². The van der Waals surface area contributed by atoms with E-state index >= 15 is 0 Å². The number of hydrogen-bond donors (Lipinski definition) is 0. The van der Waals surface area contributed by atoms with E-state index in [9.17, 15) is 57.8 Å². The summed E-state index contributed by atoms with van der Waals surface area (Å²) in [5.41, 5.74) is -14.5. The predicted molar refractivity (Wildman–Crippen MR) is 105 cm³/mol. The Morgan fingerprint density at radius 1 is 0.595 bits per heavy atom. The topological polar surface area (TPSA) is 112 Å². The molecule has 1 aliphatic heterocycles. The number of fused-ring (bicyclic) bond motifs is 1. The molecule has 0 fully saturated rings. The molecule has 0 aromatic heterocycles. The first-order chi connectivity index (χ1) is 18.8. The van der Waals surface area contributed by atoms with Gasteiger partial charge in [0.15, 0.2) is 0 Å². The van der Waals surface area contributed by atoms with Crippen molar-refractivity contribution in [2.24, 2.45) is 0 Å². The number of hydrogen-bond acceptors (Lipinski definition) is 2. The van der Waals surface area contributed by atoms with Crippen molar-refractivity contribution < 1.29 is 101 Å². The van der Waals surface area contributed by atoms with Crippen molar-refractivity contribution in [2.45, 2.75) is 35.9 Å². The van der Waals surface area contributed by atoms with Crippen LogP contribution >= 0.6 is 8.15 Å². The molecule has 0 spiro atoms. The van der Waals surface area contributed by atoms with Gasteiger partial charge in [-0.2, -0.15) is 57.2 Å². The van der Waals surface area contributed by atoms with Crippen LogP contribution < -0.4 is 15.7 Å². The van der Waals surface area contributed by atoms with Crippen LogP contribution in [0.5, 0.6) is 0 Å². The monoisotopic (exact) mass is 815 g/mol. The maximum absolute atomic E-state index is 13.7. The normalized spacial score (nSPS) is 15.5. The fourth-order valence-electron chi connectivity index (χ4n) is 3.49. The molecule has 229 valence electrons. The summed E-state index contributed by atoms with van der Waals surface area (Å²) in [6.45, 7) is 18.0. The molecule has 1 heterocycles. The van der Waals surface area contributed by atoms with Crippen molar-refractivity contribution >= 4 is 18.8 Å². The van der Waals surface area contributed by atoms with Crippen LogP contribution in [0.4, 0.5) is 52.7 Å². The second-order valence-electron chi connectivity index (χ2n) is 6.88. The zero-order valence-electron chi connectivity index (χ0n) is 19.5. The molecule has 0 amide bonds. The van der Waals surface area contributed by atoms with Crippen molar-refractivity contribution in [3.8, 4) is 0 Å². The molecular weight excluding hydrogens is 805 g/mol.